The van der Waals surface area contributed by atoms with Gasteiger partial charge in [0.2, 0.25) is 5.91 Å². The normalized spacial score (nSPS) is 10.0. The van der Waals surface area contributed by atoms with Gasteiger partial charge in [-0.15, -0.1) is 11.8 Å². The molecule has 0 radical (unpaired) electrons. The minimum atomic E-state index is -0.936. The number of amides is 1. The molecule has 0 aromatic heterocycles. The number of aliphatic carboxylic acids is 1. The van der Waals surface area contributed by atoms with E-state index in [2.05, 4.69) is 5.32 Å². The summed E-state index contributed by atoms with van der Waals surface area (Å²) in [7, 11) is 1.54. The number of rotatable bonds is 7. The van der Waals surface area contributed by atoms with Crippen molar-refractivity contribution in [3.63, 3.8) is 0 Å². The third-order valence-corrected chi connectivity index (χ3v) is 3.33. The van der Waals surface area contributed by atoms with Gasteiger partial charge in [0.15, 0.2) is 0 Å². The van der Waals surface area contributed by atoms with Crippen molar-refractivity contribution < 1.29 is 19.4 Å². The molecule has 1 aromatic carbocycles. The first-order chi connectivity index (χ1) is 9.02. The van der Waals surface area contributed by atoms with Crippen LogP contribution >= 0.6 is 23.4 Å². The van der Waals surface area contributed by atoms with E-state index in [0.29, 0.717) is 10.8 Å². The molecule has 0 saturated heterocycles. The van der Waals surface area contributed by atoms with Crippen LogP contribution < -0.4 is 10.1 Å². The van der Waals surface area contributed by atoms with Crippen LogP contribution in [0.25, 0.3) is 0 Å². The number of carbonyl (C=O) groups is 2. The predicted octanol–water partition coefficient (Wildman–Crippen LogP) is 1.78. The Morgan fingerprint density at radius 1 is 1.42 bits per heavy atom. The second kappa shape index (κ2) is 7.91. The molecule has 0 aliphatic rings. The predicted molar refractivity (Wildman–Crippen MR) is 74.8 cm³/mol. The van der Waals surface area contributed by atoms with Gasteiger partial charge < -0.3 is 15.2 Å². The van der Waals surface area contributed by atoms with Crippen molar-refractivity contribution in [1.82, 2.24) is 5.32 Å². The zero-order valence-electron chi connectivity index (χ0n) is 10.3. The van der Waals surface area contributed by atoms with E-state index in [1.165, 1.54) is 7.11 Å². The SMILES string of the molecule is COc1ccc(Cl)cc1CNC(=O)CSCC(=O)O. The average molecular weight is 304 g/mol. The van der Waals surface area contributed by atoms with Gasteiger partial charge in [-0.1, -0.05) is 11.6 Å². The van der Waals surface area contributed by atoms with Crippen molar-refractivity contribution in [2.24, 2.45) is 0 Å². The molecule has 1 aromatic rings. The van der Waals surface area contributed by atoms with Crippen LogP contribution in [0.15, 0.2) is 18.2 Å². The van der Waals surface area contributed by atoms with Crippen LogP contribution in [0.5, 0.6) is 5.75 Å². The molecule has 0 saturated carbocycles. The number of hydrogen-bond acceptors (Lipinski definition) is 4. The molecule has 0 atom stereocenters. The lowest BCUT2D eigenvalue weighted by molar-refractivity contribution is -0.133. The second-order valence-corrected chi connectivity index (χ2v) is 5.04. The fourth-order valence-electron chi connectivity index (χ4n) is 1.36. The molecular formula is C12H14ClNO4S. The number of methoxy groups -OCH3 is 1. The minimum absolute atomic E-state index is 0.0894. The maximum atomic E-state index is 11.5. The van der Waals surface area contributed by atoms with E-state index in [0.717, 1.165) is 17.3 Å². The summed E-state index contributed by atoms with van der Waals surface area (Å²) >= 11 is 6.92. The summed E-state index contributed by atoms with van der Waals surface area (Å²) in [6.45, 7) is 0.288. The summed E-state index contributed by atoms with van der Waals surface area (Å²) in [6, 6.07) is 5.14. The first-order valence-corrected chi connectivity index (χ1v) is 6.95. The number of carboxylic acid groups (broad SMARTS) is 1. The molecular weight excluding hydrogens is 290 g/mol. The minimum Gasteiger partial charge on any atom is -0.496 e. The van der Waals surface area contributed by atoms with Crippen molar-refractivity contribution >= 4 is 35.2 Å². The highest BCUT2D eigenvalue weighted by Gasteiger charge is 2.07. The molecule has 0 fully saturated rings. The van der Waals surface area contributed by atoms with Gasteiger partial charge in [0, 0.05) is 17.1 Å². The largest absolute Gasteiger partial charge is 0.496 e. The molecule has 0 aliphatic heterocycles. The molecule has 0 bridgehead atoms. The highest BCUT2D eigenvalue weighted by atomic mass is 35.5. The Hall–Kier alpha value is -1.40. The van der Waals surface area contributed by atoms with Gasteiger partial charge >= 0.3 is 5.97 Å². The molecule has 2 N–H and O–H groups in total. The molecule has 0 spiro atoms. The molecule has 1 rings (SSSR count). The number of nitrogens with one attached hydrogen (secondary N) is 1. The van der Waals surface area contributed by atoms with Crippen LogP contribution in [0.3, 0.4) is 0 Å². The third kappa shape index (κ3) is 5.85. The van der Waals surface area contributed by atoms with Gasteiger partial charge in [-0.05, 0) is 18.2 Å². The molecule has 1 amide bonds. The Balaban J connectivity index is 2.45. The maximum Gasteiger partial charge on any atom is 0.313 e. The number of hydrogen-bond donors (Lipinski definition) is 2. The van der Waals surface area contributed by atoms with E-state index in [1.807, 2.05) is 0 Å². The zero-order chi connectivity index (χ0) is 14.3. The Morgan fingerprint density at radius 3 is 2.79 bits per heavy atom. The molecule has 7 heteroatoms. The quantitative estimate of drug-likeness (QED) is 0.803. The molecule has 5 nitrogen and oxygen atoms in total. The maximum absolute atomic E-state index is 11.5. The van der Waals surface area contributed by atoms with Gasteiger partial charge in [0.05, 0.1) is 18.6 Å². The van der Waals surface area contributed by atoms with Crippen molar-refractivity contribution in [2.45, 2.75) is 6.54 Å². The van der Waals surface area contributed by atoms with E-state index >= 15 is 0 Å². The summed E-state index contributed by atoms with van der Waals surface area (Å²) in [5, 5.41) is 11.7. The van der Waals surface area contributed by atoms with Crippen LogP contribution in [0.2, 0.25) is 5.02 Å². The Morgan fingerprint density at radius 2 is 2.16 bits per heavy atom. The lowest BCUT2D eigenvalue weighted by atomic mass is 10.2. The molecule has 0 aliphatic carbocycles. The van der Waals surface area contributed by atoms with E-state index in [4.69, 9.17) is 21.4 Å². The standard InChI is InChI=1S/C12H14ClNO4S/c1-18-10-3-2-9(13)4-8(10)5-14-11(15)6-19-7-12(16)17/h2-4H,5-7H2,1H3,(H,14,15)(H,16,17). The molecule has 19 heavy (non-hydrogen) atoms. The Labute approximate surface area is 120 Å². The lowest BCUT2D eigenvalue weighted by Crippen LogP contribution is -2.25. The first kappa shape index (κ1) is 15.7. The van der Waals surface area contributed by atoms with Gasteiger partial charge in [-0.3, -0.25) is 9.59 Å². The van der Waals surface area contributed by atoms with E-state index < -0.39 is 5.97 Å². The summed E-state index contributed by atoms with van der Waals surface area (Å²) in [4.78, 5) is 21.8. The molecule has 0 unspecified atom stereocenters. The third-order valence-electron chi connectivity index (χ3n) is 2.18. The number of carbonyl (C=O) groups excluding carboxylic acids is 1. The van der Waals surface area contributed by atoms with Crippen LogP contribution in [-0.4, -0.2) is 35.6 Å². The van der Waals surface area contributed by atoms with Gasteiger partial charge in [-0.2, -0.15) is 0 Å². The number of carboxylic acids is 1. The smallest absolute Gasteiger partial charge is 0.313 e. The second-order valence-electron chi connectivity index (χ2n) is 3.62. The highest BCUT2D eigenvalue weighted by Crippen LogP contribution is 2.22. The summed E-state index contributed by atoms with van der Waals surface area (Å²) in [5.41, 5.74) is 0.770. The van der Waals surface area contributed by atoms with Crippen LogP contribution in [-0.2, 0) is 16.1 Å². The fraction of sp³-hybridized carbons (Fsp3) is 0.333. The Kier molecular flexibility index (Phi) is 6.52. The number of thioether (sulfide) groups is 1. The number of halogens is 1. The monoisotopic (exact) mass is 303 g/mol. The van der Waals surface area contributed by atoms with E-state index in [1.54, 1.807) is 18.2 Å². The average Bonchev–Trinajstić information content (AvgIpc) is 2.36. The molecule has 0 heterocycles. The number of ether oxygens (including phenoxy) is 1. The van der Waals surface area contributed by atoms with Gasteiger partial charge in [-0.25, -0.2) is 0 Å². The van der Waals surface area contributed by atoms with Gasteiger partial charge in [0.25, 0.3) is 0 Å². The topological polar surface area (TPSA) is 75.6 Å². The van der Waals surface area contributed by atoms with Gasteiger partial charge in [0.1, 0.15) is 5.75 Å². The Bertz CT molecular complexity index is 467. The zero-order valence-corrected chi connectivity index (χ0v) is 11.9. The van der Waals surface area contributed by atoms with Crippen molar-refractivity contribution in [3.05, 3.63) is 28.8 Å². The van der Waals surface area contributed by atoms with Crippen molar-refractivity contribution in [2.75, 3.05) is 18.6 Å². The number of benzene rings is 1. The summed E-state index contributed by atoms with van der Waals surface area (Å²) in [5.74, 6) is -0.506. The first-order valence-electron chi connectivity index (χ1n) is 5.41. The fourth-order valence-corrected chi connectivity index (χ4v) is 2.12. The van der Waals surface area contributed by atoms with E-state index in [-0.39, 0.29) is 24.0 Å². The lowest BCUT2D eigenvalue weighted by Gasteiger charge is -2.10. The van der Waals surface area contributed by atoms with Crippen LogP contribution in [0.1, 0.15) is 5.56 Å². The summed E-state index contributed by atoms with van der Waals surface area (Å²) in [6.07, 6.45) is 0. The van der Waals surface area contributed by atoms with E-state index in [9.17, 15) is 9.59 Å². The summed E-state index contributed by atoms with van der Waals surface area (Å²) < 4.78 is 5.15. The van der Waals surface area contributed by atoms with Crippen LogP contribution in [0, 0.1) is 0 Å². The van der Waals surface area contributed by atoms with Crippen molar-refractivity contribution in [1.29, 1.82) is 0 Å². The highest BCUT2D eigenvalue weighted by molar-refractivity contribution is 8.00. The van der Waals surface area contributed by atoms with Crippen molar-refractivity contribution in [3.8, 4) is 5.75 Å². The van der Waals surface area contributed by atoms with Crippen LogP contribution in [0.4, 0.5) is 0 Å². The molecule has 104 valence electrons.